The molecule has 1 atom stereocenters. The Bertz CT molecular complexity index is 777. The summed E-state index contributed by atoms with van der Waals surface area (Å²) in [4.78, 5) is 25.9. The smallest absolute Gasteiger partial charge is 0.309 e. The fraction of sp³-hybridized carbons (Fsp3) is 0.920. The summed E-state index contributed by atoms with van der Waals surface area (Å²) in [6, 6.07) is 0. The summed E-state index contributed by atoms with van der Waals surface area (Å²) in [5.41, 5.74) is 0. The third-order valence-corrected chi connectivity index (χ3v) is 11.3. The Morgan fingerprint density at radius 3 is 1.04 bits per heavy atom. The van der Waals surface area contributed by atoms with Crippen LogP contribution in [0.25, 0.3) is 0 Å². The van der Waals surface area contributed by atoms with Gasteiger partial charge in [0.1, 0.15) is 0 Å². The van der Waals surface area contributed by atoms with Crippen LogP contribution < -0.4 is 0 Å². The molecule has 0 aromatic rings. The molecule has 320 valence electrons. The van der Waals surface area contributed by atoms with Crippen LogP contribution in [0.4, 0.5) is 0 Å². The number of carbonyl (C=O) groups excluding carboxylic acids is 2. The molecule has 0 heterocycles. The molecular formula is C50H96O4. The molecule has 0 rings (SSSR count). The van der Waals surface area contributed by atoms with Gasteiger partial charge in [0, 0.05) is 0 Å². The van der Waals surface area contributed by atoms with E-state index in [9.17, 15) is 9.59 Å². The van der Waals surface area contributed by atoms with Crippen molar-refractivity contribution in [3.63, 3.8) is 0 Å². The average molecular weight is 761 g/mol. The fourth-order valence-electron chi connectivity index (χ4n) is 7.56. The third-order valence-electron chi connectivity index (χ3n) is 11.3. The minimum Gasteiger partial charge on any atom is -0.466 e. The van der Waals surface area contributed by atoms with Gasteiger partial charge >= 0.3 is 11.9 Å². The summed E-state index contributed by atoms with van der Waals surface area (Å²) in [6.07, 6.45) is 54.5. The van der Waals surface area contributed by atoms with Crippen LogP contribution in [0.15, 0.2) is 12.2 Å². The molecule has 0 saturated carbocycles. The predicted molar refractivity (Wildman–Crippen MR) is 236 cm³/mol. The molecule has 0 saturated heterocycles. The SMILES string of the molecule is CCCCCCCCCCCCCC/C=C/CCCCC(CC(=O)OCCCCCCCCCCCCC)C(=O)OCCCCCCCCCCCCC. The van der Waals surface area contributed by atoms with E-state index in [1.54, 1.807) is 0 Å². The first-order valence-electron chi connectivity index (χ1n) is 24.6. The number of unbranched alkanes of at least 4 members (excludes halogenated alkanes) is 34. The highest BCUT2D eigenvalue weighted by molar-refractivity contribution is 5.79. The van der Waals surface area contributed by atoms with Gasteiger partial charge in [0.2, 0.25) is 0 Å². The molecule has 0 aliphatic carbocycles. The Morgan fingerprint density at radius 1 is 0.370 bits per heavy atom. The molecule has 0 radical (unpaired) electrons. The van der Waals surface area contributed by atoms with Gasteiger partial charge < -0.3 is 9.47 Å². The Labute approximate surface area is 338 Å². The summed E-state index contributed by atoms with van der Waals surface area (Å²) >= 11 is 0. The minimum absolute atomic E-state index is 0.157. The Hall–Kier alpha value is -1.32. The van der Waals surface area contributed by atoms with Gasteiger partial charge in [-0.25, -0.2) is 0 Å². The van der Waals surface area contributed by atoms with Crippen molar-refractivity contribution in [1.29, 1.82) is 0 Å². The van der Waals surface area contributed by atoms with Crippen molar-refractivity contribution in [3.05, 3.63) is 12.2 Å². The summed E-state index contributed by atoms with van der Waals surface area (Å²) in [5.74, 6) is -0.815. The first-order chi connectivity index (χ1) is 26.7. The van der Waals surface area contributed by atoms with Gasteiger partial charge in [0.15, 0.2) is 0 Å². The minimum atomic E-state index is -0.382. The van der Waals surface area contributed by atoms with E-state index in [1.807, 2.05) is 0 Å². The van der Waals surface area contributed by atoms with Gasteiger partial charge in [0.25, 0.3) is 0 Å². The molecule has 0 aromatic carbocycles. The van der Waals surface area contributed by atoms with Crippen LogP contribution in [-0.4, -0.2) is 25.2 Å². The number of hydrogen-bond acceptors (Lipinski definition) is 4. The molecule has 0 fully saturated rings. The zero-order valence-electron chi connectivity index (χ0n) is 37.1. The van der Waals surface area contributed by atoms with E-state index >= 15 is 0 Å². The van der Waals surface area contributed by atoms with Gasteiger partial charge in [-0.05, 0) is 44.9 Å². The summed E-state index contributed by atoms with van der Waals surface area (Å²) in [5, 5.41) is 0. The van der Waals surface area contributed by atoms with E-state index in [-0.39, 0.29) is 24.3 Å². The fourth-order valence-corrected chi connectivity index (χ4v) is 7.56. The van der Waals surface area contributed by atoms with Crippen molar-refractivity contribution >= 4 is 11.9 Å². The van der Waals surface area contributed by atoms with Gasteiger partial charge in [0.05, 0.1) is 25.6 Å². The Kier molecular flexibility index (Phi) is 44.9. The van der Waals surface area contributed by atoms with Crippen molar-refractivity contribution in [2.45, 2.75) is 278 Å². The summed E-state index contributed by atoms with van der Waals surface area (Å²) < 4.78 is 11.3. The molecule has 0 amide bonds. The lowest BCUT2D eigenvalue weighted by molar-refractivity contribution is -0.155. The van der Waals surface area contributed by atoms with Crippen molar-refractivity contribution in [1.82, 2.24) is 0 Å². The highest BCUT2D eigenvalue weighted by Gasteiger charge is 2.24. The van der Waals surface area contributed by atoms with E-state index in [1.165, 1.54) is 199 Å². The largest absolute Gasteiger partial charge is 0.466 e. The van der Waals surface area contributed by atoms with Crippen LogP contribution in [0.3, 0.4) is 0 Å². The first kappa shape index (κ1) is 52.7. The van der Waals surface area contributed by atoms with Crippen molar-refractivity contribution < 1.29 is 19.1 Å². The van der Waals surface area contributed by atoms with Crippen LogP contribution in [0.1, 0.15) is 278 Å². The maximum absolute atomic E-state index is 13.1. The number of carbonyl (C=O) groups is 2. The summed E-state index contributed by atoms with van der Waals surface area (Å²) in [7, 11) is 0. The number of hydrogen-bond donors (Lipinski definition) is 0. The second-order valence-corrected chi connectivity index (χ2v) is 16.8. The zero-order valence-corrected chi connectivity index (χ0v) is 37.1. The quantitative estimate of drug-likeness (QED) is 0.0352. The maximum Gasteiger partial charge on any atom is 0.309 e. The second kappa shape index (κ2) is 46.1. The predicted octanol–water partition coefficient (Wildman–Crippen LogP) is 16.9. The van der Waals surface area contributed by atoms with Crippen molar-refractivity contribution in [2.24, 2.45) is 5.92 Å². The molecule has 4 heteroatoms. The molecule has 1 unspecified atom stereocenters. The monoisotopic (exact) mass is 761 g/mol. The molecule has 4 nitrogen and oxygen atoms in total. The lowest BCUT2D eigenvalue weighted by atomic mass is 9.97. The zero-order chi connectivity index (χ0) is 39.3. The van der Waals surface area contributed by atoms with Gasteiger partial charge in [-0.15, -0.1) is 0 Å². The van der Waals surface area contributed by atoms with Crippen molar-refractivity contribution in [3.8, 4) is 0 Å². The van der Waals surface area contributed by atoms with E-state index in [2.05, 4.69) is 32.9 Å². The Balaban J connectivity index is 4.24. The third kappa shape index (κ3) is 41.8. The lowest BCUT2D eigenvalue weighted by Gasteiger charge is -2.16. The van der Waals surface area contributed by atoms with Gasteiger partial charge in [-0.1, -0.05) is 238 Å². The second-order valence-electron chi connectivity index (χ2n) is 16.8. The molecule has 0 spiro atoms. The molecule has 54 heavy (non-hydrogen) atoms. The number of rotatable bonds is 45. The van der Waals surface area contributed by atoms with Crippen LogP contribution in [0.2, 0.25) is 0 Å². The first-order valence-corrected chi connectivity index (χ1v) is 24.6. The van der Waals surface area contributed by atoms with E-state index in [0.29, 0.717) is 19.6 Å². The maximum atomic E-state index is 13.1. The average Bonchev–Trinajstić information content (AvgIpc) is 3.17. The normalized spacial score (nSPS) is 12.1. The molecule has 0 bridgehead atoms. The van der Waals surface area contributed by atoms with Gasteiger partial charge in [-0.3, -0.25) is 9.59 Å². The molecule has 0 N–H and O–H groups in total. The van der Waals surface area contributed by atoms with Crippen LogP contribution >= 0.6 is 0 Å². The van der Waals surface area contributed by atoms with Gasteiger partial charge in [-0.2, -0.15) is 0 Å². The molecule has 0 aliphatic rings. The summed E-state index contributed by atoms with van der Waals surface area (Å²) in [6.45, 7) is 7.78. The molecule has 0 aromatic heterocycles. The van der Waals surface area contributed by atoms with Crippen LogP contribution in [0.5, 0.6) is 0 Å². The topological polar surface area (TPSA) is 52.6 Å². The highest BCUT2D eigenvalue weighted by Crippen LogP contribution is 2.19. The number of allylic oxidation sites excluding steroid dienone is 2. The van der Waals surface area contributed by atoms with E-state index in [0.717, 1.165) is 44.9 Å². The Morgan fingerprint density at radius 2 is 0.667 bits per heavy atom. The standard InChI is InChI=1S/C50H96O4/c1-4-7-10-13-16-19-22-23-24-25-26-27-28-29-32-35-38-41-44-48(50(52)54-46-43-40-37-34-31-21-18-15-12-9-6-3)47-49(51)53-45-42-39-36-33-30-20-17-14-11-8-5-2/h29,32,48H,4-28,30-31,33-47H2,1-3H3/b32-29+. The number of esters is 2. The van der Waals surface area contributed by atoms with Crippen LogP contribution in [0, 0.1) is 5.92 Å². The van der Waals surface area contributed by atoms with Crippen LogP contribution in [-0.2, 0) is 19.1 Å². The van der Waals surface area contributed by atoms with E-state index in [4.69, 9.17) is 9.47 Å². The highest BCUT2D eigenvalue weighted by atomic mass is 16.5. The lowest BCUT2D eigenvalue weighted by Crippen LogP contribution is -2.23. The van der Waals surface area contributed by atoms with Crippen molar-refractivity contribution in [2.75, 3.05) is 13.2 Å². The number of ether oxygens (including phenoxy) is 2. The molecule has 0 aliphatic heterocycles. The molecular weight excluding hydrogens is 665 g/mol. The van der Waals surface area contributed by atoms with E-state index < -0.39 is 0 Å².